The maximum absolute atomic E-state index is 11.0. The van der Waals surface area contributed by atoms with Gasteiger partial charge in [0.05, 0.1) is 18.2 Å². The molecule has 0 saturated heterocycles. The van der Waals surface area contributed by atoms with E-state index in [0.717, 1.165) is 16.8 Å². The minimum absolute atomic E-state index is 0.618. The summed E-state index contributed by atoms with van der Waals surface area (Å²) < 4.78 is 1.67. The smallest absolute Gasteiger partial charge is 0.326 e. The molecule has 0 aliphatic heterocycles. The van der Waals surface area contributed by atoms with Crippen LogP contribution in [-0.4, -0.2) is 20.6 Å². The molecule has 1 aromatic carbocycles. The number of carboxylic acids is 1. The number of aliphatic carboxylic acids is 1. The van der Waals surface area contributed by atoms with Gasteiger partial charge in [0.2, 0.25) is 0 Å². The van der Waals surface area contributed by atoms with Crippen LogP contribution >= 0.6 is 0 Å². The summed E-state index contributed by atoms with van der Waals surface area (Å²) in [5.74, 6) is -0.863. The maximum atomic E-state index is 11.0. The third-order valence-corrected chi connectivity index (χ3v) is 2.86. The molecule has 0 aliphatic rings. The van der Waals surface area contributed by atoms with Gasteiger partial charge >= 0.3 is 5.97 Å². The molecule has 1 heterocycles. The molecular formula is C13H14N2O2. The van der Waals surface area contributed by atoms with Crippen LogP contribution in [0.25, 0.3) is 11.3 Å². The van der Waals surface area contributed by atoms with Crippen molar-refractivity contribution in [2.75, 3.05) is 0 Å². The molecule has 0 spiro atoms. The van der Waals surface area contributed by atoms with Crippen molar-refractivity contribution >= 4 is 5.97 Å². The van der Waals surface area contributed by atoms with Crippen molar-refractivity contribution in [3.8, 4) is 11.3 Å². The number of aromatic nitrogens is 2. The van der Waals surface area contributed by atoms with E-state index >= 15 is 0 Å². The number of benzene rings is 1. The fraction of sp³-hybridized carbons (Fsp3) is 0.231. The number of rotatable bonds is 3. The summed E-state index contributed by atoms with van der Waals surface area (Å²) >= 11 is 0. The highest BCUT2D eigenvalue weighted by molar-refractivity contribution is 5.73. The standard InChI is InChI=1S/C13H14N2O2/c1-9-5-3-4-6-11(9)12-7-14-8-15(12)10(2)13(16)17/h3-8,10H,1-2H3,(H,16,17). The van der Waals surface area contributed by atoms with Crippen LogP contribution in [0.4, 0.5) is 0 Å². The summed E-state index contributed by atoms with van der Waals surface area (Å²) in [6.45, 7) is 3.64. The van der Waals surface area contributed by atoms with Gasteiger partial charge in [0.15, 0.2) is 0 Å². The largest absolute Gasteiger partial charge is 0.480 e. The van der Waals surface area contributed by atoms with Crippen molar-refractivity contribution in [2.45, 2.75) is 19.9 Å². The van der Waals surface area contributed by atoms with Crippen molar-refractivity contribution in [1.82, 2.24) is 9.55 Å². The van der Waals surface area contributed by atoms with Crippen molar-refractivity contribution in [1.29, 1.82) is 0 Å². The summed E-state index contributed by atoms with van der Waals surface area (Å²) in [5.41, 5.74) is 2.95. The predicted molar refractivity (Wildman–Crippen MR) is 64.7 cm³/mol. The topological polar surface area (TPSA) is 55.1 Å². The zero-order valence-electron chi connectivity index (χ0n) is 9.79. The van der Waals surface area contributed by atoms with Crippen molar-refractivity contribution in [3.05, 3.63) is 42.4 Å². The van der Waals surface area contributed by atoms with Crippen LogP contribution in [0.5, 0.6) is 0 Å². The molecule has 1 unspecified atom stereocenters. The minimum atomic E-state index is -0.863. The third-order valence-electron chi connectivity index (χ3n) is 2.86. The number of carbonyl (C=O) groups is 1. The van der Waals surface area contributed by atoms with E-state index in [9.17, 15) is 4.79 Å². The number of carboxylic acid groups (broad SMARTS) is 1. The van der Waals surface area contributed by atoms with Crippen molar-refractivity contribution < 1.29 is 9.90 Å². The van der Waals surface area contributed by atoms with Gasteiger partial charge in [0.25, 0.3) is 0 Å². The molecule has 4 heteroatoms. The molecule has 0 fully saturated rings. The number of aryl methyl sites for hydroxylation is 1. The Balaban J connectivity index is 2.51. The first kappa shape index (κ1) is 11.4. The van der Waals surface area contributed by atoms with Crippen molar-refractivity contribution in [3.63, 3.8) is 0 Å². The van der Waals surface area contributed by atoms with Crippen LogP contribution in [0.2, 0.25) is 0 Å². The Morgan fingerprint density at radius 1 is 1.41 bits per heavy atom. The fourth-order valence-corrected chi connectivity index (χ4v) is 1.80. The minimum Gasteiger partial charge on any atom is -0.480 e. The average molecular weight is 230 g/mol. The molecular weight excluding hydrogens is 216 g/mol. The highest BCUT2D eigenvalue weighted by Gasteiger charge is 2.17. The van der Waals surface area contributed by atoms with E-state index in [-0.39, 0.29) is 0 Å². The quantitative estimate of drug-likeness (QED) is 0.881. The Morgan fingerprint density at radius 2 is 2.12 bits per heavy atom. The van der Waals surface area contributed by atoms with Gasteiger partial charge in [-0.2, -0.15) is 0 Å². The van der Waals surface area contributed by atoms with Gasteiger partial charge in [0.1, 0.15) is 6.04 Å². The lowest BCUT2D eigenvalue weighted by Crippen LogP contribution is -2.15. The van der Waals surface area contributed by atoms with Crippen LogP contribution in [0, 0.1) is 6.92 Å². The van der Waals surface area contributed by atoms with Crippen LogP contribution in [0.1, 0.15) is 18.5 Å². The molecule has 0 aliphatic carbocycles. The van der Waals surface area contributed by atoms with Crippen LogP contribution < -0.4 is 0 Å². The molecule has 2 rings (SSSR count). The predicted octanol–water partition coefficient (Wildman–Crippen LogP) is 2.50. The van der Waals surface area contributed by atoms with E-state index in [1.807, 2.05) is 31.2 Å². The Hall–Kier alpha value is -2.10. The third kappa shape index (κ3) is 2.06. The average Bonchev–Trinajstić information content (AvgIpc) is 2.77. The van der Waals surface area contributed by atoms with Gasteiger partial charge in [-0.05, 0) is 19.4 Å². The van der Waals surface area contributed by atoms with Crippen LogP contribution in [0.3, 0.4) is 0 Å². The molecule has 0 bridgehead atoms. The Bertz CT molecular complexity index is 546. The second-order valence-electron chi connectivity index (χ2n) is 4.02. The van der Waals surface area contributed by atoms with Gasteiger partial charge < -0.3 is 9.67 Å². The number of hydrogen-bond acceptors (Lipinski definition) is 2. The normalized spacial score (nSPS) is 12.4. The Morgan fingerprint density at radius 3 is 2.76 bits per heavy atom. The summed E-state index contributed by atoms with van der Waals surface area (Å²) in [6.07, 6.45) is 3.25. The number of hydrogen-bond donors (Lipinski definition) is 1. The molecule has 0 radical (unpaired) electrons. The number of nitrogens with zero attached hydrogens (tertiary/aromatic N) is 2. The van der Waals surface area contributed by atoms with Crippen LogP contribution in [-0.2, 0) is 4.79 Å². The van der Waals surface area contributed by atoms with Gasteiger partial charge in [-0.1, -0.05) is 24.3 Å². The molecule has 0 saturated carbocycles. The van der Waals surface area contributed by atoms with E-state index in [0.29, 0.717) is 0 Å². The molecule has 1 N–H and O–H groups in total. The lowest BCUT2D eigenvalue weighted by Gasteiger charge is -2.13. The Labute approximate surface area is 99.5 Å². The van der Waals surface area contributed by atoms with E-state index in [1.165, 1.54) is 0 Å². The van der Waals surface area contributed by atoms with E-state index in [4.69, 9.17) is 5.11 Å². The molecule has 0 amide bonds. The lowest BCUT2D eigenvalue weighted by molar-refractivity contribution is -0.140. The number of imidazole rings is 1. The summed E-state index contributed by atoms with van der Waals surface area (Å²) in [5, 5.41) is 9.05. The first-order chi connectivity index (χ1) is 8.11. The molecule has 1 aromatic heterocycles. The van der Waals surface area contributed by atoms with Gasteiger partial charge in [-0.25, -0.2) is 9.78 Å². The van der Waals surface area contributed by atoms with E-state index < -0.39 is 12.0 Å². The fourth-order valence-electron chi connectivity index (χ4n) is 1.80. The second kappa shape index (κ2) is 4.41. The second-order valence-corrected chi connectivity index (χ2v) is 4.02. The first-order valence-electron chi connectivity index (χ1n) is 5.42. The highest BCUT2D eigenvalue weighted by atomic mass is 16.4. The highest BCUT2D eigenvalue weighted by Crippen LogP contribution is 2.25. The molecule has 88 valence electrons. The van der Waals surface area contributed by atoms with Gasteiger partial charge in [-0.15, -0.1) is 0 Å². The van der Waals surface area contributed by atoms with Crippen molar-refractivity contribution in [2.24, 2.45) is 0 Å². The lowest BCUT2D eigenvalue weighted by atomic mass is 10.1. The van der Waals surface area contributed by atoms with Gasteiger partial charge in [0, 0.05) is 5.56 Å². The molecule has 17 heavy (non-hydrogen) atoms. The van der Waals surface area contributed by atoms with E-state index in [2.05, 4.69) is 4.98 Å². The summed E-state index contributed by atoms with van der Waals surface area (Å²) in [7, 11) is 0. The van der Waals surface area contributed by atoms with Gasteiger partial charge in [-0.3, -0.25) is 0 Å². The van der Waals surface area contributed by atoms with Crippen LogP contribution in [0.15, 0.2) is 36.8 Å². The first-order valence-corrected chi connectivity index (χ1v) is 5.42. The molecule has 4 nitrogen and oxygen atoms in total. The maximum Gasteiger partial charge on any atom is 0.326 e. The SMILES string of the molecule is Cc1ccccc1-c1cncn1C(C)C(=O)O. The summed E-state index contributed by atoms with van der Waals surface area (Å²) in [4.78, 5) is 15.1. The zero-order valence-corrected chi connectivity index (χ0v) is 9.79. The van der Waals surface area contributed by atoms with E-state index in [1.54, 1.807) is 24.0 Å². The molecule has 1 atom stereocenters. The summed E-state index contributed by atoms with van der Waals surface area (Å²) in [6, 6.07) is 7.24. The monoisotopic (exact) mass is 230 g/mol. The zero-order chi connectivity index (χ0) is 12.4. The Kier molecular flexibility index (Phi) is 2.95. The molecule has 2 aromatic rings.